The van der Waals surface area contributed by atoms with Crippen LogP contribution >= 0.6 is 11.3 Å². The summed E-state index contributed by atoms with van der Waals surface area (Å²) < 4.78 is 8.44. The van der Waals surface area contributed by atoms with E-state index in [4.69, 9.17) is 4.74 Å². The third kappa shape index (κ3) is 4.55. The number of nitrogens with one attached hydrogen (secondary N) is 1. The third-order valence-corrected chi connectivity index (χ3v) is 6.36. The number of amides is 1. The predicted octanol–water partition coefficient (Wildman–Crippen LogP) is 4.10. The van der Waals surface area contributed by atoms with Crippen LogP contribution in [0.2, 0.25) is 0 Å². The summed E-state index contributed by atoms with van der Waals surface area (Å²) in [4.78, 5) is 42.6. The lowest BCUT2D eigenvalue weighted by Gasteiger charge is -2.12. The lowest BCUT2D eigenvalue weighted by Crippen LogP contribution is -2.32. The molecule has 0 saturated carbocycles. The SMILES string of the molecule is Cc1ccc(-c2nc(C(=O)OC(C)C(=O)Nc3c(C)n(C)n(-c4ccccc4)c3=O)cs2)cc1. The van der Waals surface area contributed by atoms with Crippen molar-refractivity contribution < 1.29 is 14.3 Å². The predicted molar refractivity (Wildman–Crippen MR) is 132 cm³/mol. The molecule has 1 atom stereocenters. The van der Waals surface area contributed by atoms with Gasteiger partial charge in [0.1, 0.15) is 10.7 Å². The minimum absolute atomic E-state index is 0.127. The lowest BCUT2D eigenvalue weighted by molar-refractivity contribution is -0.123. The maximum absolute atomic E-state index is 13.0. The van der Waals surface area contributed by atoms with Crippen LogP contribution in [0.15, 0.2) is 64.8 Å². The van der Waals surface area contributed by atoms with E-state index >= 15 is 0 Å². The number of para-hydroxylation sites is 1. The molecule has 4 rings (SSSR count). The van der Waals surface area contributed by atoms with Crippen molar-refractivity contribution in [2.24, 2.45) is 7.05 Å². The number of benzene rings is 2. The van der Waals surface area contributed by atoms with Gasteiger partial charge in [0.25, 0.3) is 11.5 Å². The molecular weight excluding hydrogens is 452 g/mol. The number of hydrogen-bond acceptors (Lipinski definition) is 6. The lowest BCUT2D eigenvalue weighted by atomic mass is 10.2. The zero-order valence-electron chi connectivity index (χ0n) is 19.2. The van der Waals surface area contributed by atoms with Crippen LogP contribution in [0.5, 0.6) is 0 Å². The number of nitrogens with zero attached hydrogens (tertiary/aromatic N) is 3. The van der Waals surface area contributed by atoms with Gasteiger partial charge in [0.15, 0.2) is 11.8 Å². The molecule has 2 aromatic heterocycles. The van der Waals surface area contributed by atoms with Crippen molar-refractivity contribution in [1.29, 1.82) is 0 Å². The number of anilines is 1. The van der Waals surface area contributed by atoms with Gasteiger partial charge >= 0.3 is 5.97 Å². The fraction of sp³-hybridized carbons (Fsp3) is 0.200. The van der Waals surface area contributed by atoms with E-state index in [2.05, 4.69) is 10.3 Å². The van der Waals surface area contributed by atoms with E-state index in [0.717, 1.165) is 11.1 Å². The number of aromatic nitrogens is 3. The summed E-state index contributed by atoms with van der Waals surface area (Å²) in [5, 5.41) is 4.90. The number of carbonyl (C=O) groups is 2. The van der Waals surface area contributed by atoms with Crippen LogP contribution in [0.3, 0.4) is 0 Å². The highest BCUT2D eigenvalue weighted by atomic mass is 32.1. The van der Waals surface area contributed by atoms with E-state index in [-0.39, 0.29) is 16.9 Å². The Kier molecular flexibility index (Phi) is 6.47. The average Bonchev–Trinajstić information content (AvgIpc) is 3.40. The quantitative estimate of drug-likeness (QED) is 0.423. The van der Waals surface area contributed by atoms with E-state index in [1.54, 1.807) is 36.2 Å². The number of aryl methyl sites for hydroxylation is 1. The standard InChI is InChI=1S/C25H24N4O4S/c1-15-10-12-18(13-11-15)23-26-20(14-34-23)25(32)33-17(3)22(30)27-21-16(2)28(4)29(24(21)31)19-8-6-5-7-9-19/h5-14,17H,1-4H3,(H,27,30). The van der Waals surface area contributed by atoms with Gasteiger partial charge in [0, 0.05) is 18.0 Å². The summed E-state index contributed by atoms with van der Waals surface area (Å²) >= 11 is 1.32. The number of hydrogen-bond donors (Lipinski definition) is 1. The van der Waals surface area contributed by atoms with Crippen LogP contribution in [0.1, 0.15) is 28.7 Å². The third-order valence-electron chi connectivity index (χ3n) is 5.47. The smallest absolute Gasteiger partial charge is 0.358 e. The maximum Gasteiger partial charge on any atom is 0.358 e. The monoisotopic (exact) mass is 476 g/mol. The first kappa shape index (κ1) is 23.2. The van der Waals surface area contributed by atoms with E-state index in [1.165, 1.54) is 22.9 Å². The molecule has 2 heterocycles. The Labute approximate surface area is 200 Å². The van der Waals surface area contributed by atoms with Gasteiger partial charge in [0.2, 0.25) is 0 Å². The van der Waals surface area contributed by atoms with E-state index < -0.39 is 18.0 Å². The van der Waals surface area contributed by atoms with E-state index in [0.29, 0.717) is 16.4 Å². The summed E-state index contributed by atoms with van der Waals surface area (Å²) in [6.07, 6.45) is -1.12. The molecule has 0 spiro atoms. The van der Waals surface area contributed by atoms with Gasteiger partial charge in [-0.3, -0.25) is 14.3 Å². The van der Waals surface area contributed by atoms with Gasteiger partial charge in [-0.15, -0.1) is 11.3 Å². The number of esters is 1. The van der Waals surface area contributed by atoms with Gasteiger partial charge in [0.05, 0.1) is 11.4 Å². The fourth-order valence-electron chi connectivity index (χ4n) is 3.41. The second-order valence-electron chi connectivity index (χ2n) is 7.88. The highest BCUT2D eigenvalue weighted by Gasteiger charge is 2.24. The molecule has 34 heavy (non-hydrogen) atoms. The molecule has 1 N–H and O–H groups in total. The highest BCUT2D eigenvalue weighted by Crippen LogP contribution is 2.24. The zero-order valence-corrected chi connectivity index (χ0v) is 20.1. The molecule has 0 aliphatic rings. The van der Waals surface area contributed by atoms with Crippen LogP contribution in [-0.4, -0.2) is 32.3 Å². The fourth-order valence-corrected chi connectivity index (χ4v) is 4.20. The molecule has 4 aromatic rings. The molecule has 0 radical (unpaired) electrons. The first-order chi connectivity index (χ1) is 16.3. The van der Waals surface area contributed by atoms with Crippen molar-refractivity contribution in [1.82, 2.24) is 14.3 Å². The Morgan fingerprint density at radius 1 is 1.06 bits per heavy atom. The Bertz CT molecular complexity index is 1400. The molecule has 1 unspecified atom stereocenters. The molecule has 0 aliphatic heterocycles. The Morgan fingerprint density at radius 3 is 2.41 bits per heavy atom. The van der Waals surface area contributed by atoms with Gasteiger partial charge in [-0.05, 0) is 32.9 Å². The Balaban J connectivity index is 1.46. The largest absolute Gasteiger partial charge is 0.448 e. The number of rotatable bonds is 6. The minimum Gasteiger partial charge on any atom is -0.448 e. The van der Waals surface area contributed by atoms with Crippen molar-refractivity contribution in [2.75, 3.05) is 5.32 Å². The molecule has 1 amide bonds. The maximum atomic E-state index is 13.0. The van der Waals surface area contributed by atoms with Gasteiger partial charge in [-0.1, -0.05) is 48.0 Å². The van der Waals surface area contributed by atoms with Crippen LogP contribution < -0.4 is 10.9 Å². The Morgan fingerprint density at radius 2 is 1.74 bits per heavy atom. The van der Waals surface area contributed by atoms with Gasteiger partial charge < -0.3 is 10.1 Å². The van der Waals surface area contributed by atoms with Crippen LogP contribution in [0, 0.1) is 13.8 Å². The first-order valence-electron chi connectivity index (χ1n) is 10.6. The summed E-state index contributed by atoms with van der Waals surface area (Å²) in [5.41, 5.74) is 3.16. The van der Waals surface area contributed by atoms with Crippen LogP contribution in [0.4, 0.5) is 5.69 Å². The topological polar surface area (TPSA) is 95.2 Å². The molecule has 0 bridgehead atoms. The molecule has 0 saturated heterocycles. The van der Waals surface area contributed by atoms with Crippen molar-refractivity contribution in [2.45, 2.75) is 26.9 Å². The summed E-state index contributed by atoms with van der Waals surface area (Å²) in [7, 11) is 1.73. The highest BCUT2D eigenvalue weighted by molar-refractivity contribution is 7.13. The second-order valence-corrected chi connectivity index (χ2v) is 8.74. The van der Waals surface area contributed by atoms with E-state index in [1.807, 2.05) is 49.4 Å². The first-order valence-corrected chi connectivity index (χ1v) is 11.5. The molecule has 9 heteroatoms. The summed E-state index contributed by atoms with van der Waals surface area (Å²) in [6, 6.07) is 16.9. The van der Waals surface area contributed by atoms with Crippen molar-refractivity contribution in [3.8, 4) is 16.3 Å². The number of thiazole rings is 1. The molecule has 8 nitrogen and oxygen atoms in total. The Hall–Kier alpha value is -3.98. The average molecular weight is 477 g/mol. The molecular formula is C25H24N4O4S. The van der Waals surface area contributed by atoms with Crippen LogP contribution in [0.25, 0.3) is 16.3 Å². The molecule has 0 aliphatic carbocycles. The van der Waals surface area contributed by atoms with Crippen molar-refractivity contribution in [3.05, 3.63) is 87.3 Å². The van der Waals surface area contributed by atoms with Crippen molar-refractivity contribution in [3.63, 3.8) is 0 Å². The van der Waals surface area contributed by atoms with Crippen LogP contribution in [-0.2, 0) is 16.6 Å². The molecule has 174 valence electrons. The normalized spacial score (nSPS) is 11.8. The van der Waals surface area contributed by atoms with E-state index in [9.17, 15) is 14.4 Å². The number of ether oxygens (including phenoxy) is 1. The summed E-state index contributed by atoms with van der Waals surface area (Å²) in [6.45, 7) is 5.18. The zero-order chi connectivity index (χ0) is 24.4. The molecule has 2 aromatic carbocycles. The molecule has 0 fully saturated rings. The minimum atomic E-state index is -1.12. The van der Waals surface area contributed by atoms with Gasteiger partial charge in [-0.25, -0.2) is 14.5 Å². The number of carbonyl (C=O) groups excluding carboxylic acids is 2. The second kappa shape index (κ2) is 9.48. The van der Waals surface area contributed by atoms with Crippen molar-refractivity contribution >= 4 is 28.9 Å². The summed E-state index contributed by atoms with van der Waals surface area (Å²) in [5.74, 6) is -1.31. The van der Waals surface area contributed by atoms with Gasteiger partial charge in [-0.2, -0.15) is 0 Å².